The van der Waals surface area contributed by atoms with Gasteiger partial charge in [-0.05, 0) is 19.1 Å². The monoisotopic (exact) mass is 267 g/mol. The largest absolute Gasteiger partial charge is 0.497 e. The summed E-state index contributed by atoms with van der Waals surface area (Å²) in [6.07, 6.45) is 0. The number of amides is 1. The Morgan fingerprint density at radius 2 is 1.89 bits per heavy atom. The Bertz CT molecular complexity index is 472. The molecule has 0 saturated carbocycles. The van der Waals surface area contributed by atoms with Gasteiger partial charge in [0.05, 0.1) is 26.5 Å². The van der Waals surface area contributed by atoms with E-state index in [0.717, 1.165) is 0 Å². The maximum absolute atomic E-state index is 11.8. The van der Waals surface area contributed by atoms with Gasteiger partial charge in [0.15, 0.2) is 0 Å². The molecule has 0 aliphatic heterocycles. The van der Waals surface area contributed by atoms with E-state index >= 15 is 0 Å². The van der Waals surface area contributed by atoms with Gasteiger partial charge in [-0.3, -0.25) is 4.79 Å². The first-order valence-electron chi connectivity index (χ1n) is 5.72. The molecular formula is C13H17NO5. The van der Waals surface area contributed by atoms with Crippen LogP contribution in [0.4, 0.5) is 5.69 Å². The highest BCUT2D eigenvalue weighted by molar-refractivity contribution is 6.38. The number of esters is 1. The van der Waals surface area contributed by atoms with Crippen molar-refractivity contribution in [2.24, 2.45) is 0 Å². The minimum absolute atomic E-state index is 0.151. The molecule has 0 bridgehead atoms. The molecule has 104 valence electrons. The summed E-state index contributed by atoms with van der Waals surface area (Å²) in [5.41, 5.74) is 0.460. The highest BCUT2D eigenvalue weighted by atomic mass is 16.5. The van der Waals surface area contributed by atoms with E-state index in [-0.39, 0.29) is 6.61 Å². The summed E-state index contributed by atoms with van der Waals surface area (Å²) in [5, 5.41) is 0. The smallest absolute Gasteiger partial charge is 0.397 e. The molecule has 0 spiro atoms. The van der Waals surface area contributed by atoms with Crippen LogP contribution >= 0.6 is 0 Å². The van der Waals surface area contributed by atoms with Crippen molar-refractivity contribution in [2.75, 3.05) is 32.8 Å². The van der Waals surface area contributed by atoms with Crippen LogP contribution in [-0.2, 0) is 14.3 Å². The van der Waals surface area contributed by atoms with Crippen LogP contribution in [0.2, 0.25) is 0 Å². The van der Waals surface area contributed by atoms with Crippen molar-refractivity contribution in [3.63, 3.8) is 0 Å². The fraction of sp³-hybridized carbons (Fsp3) is 0.385. The summed E-state index contributed by atoms with van der Waals surface area (Å²) >= 11 is 0. The lowest BCUT2D eigenvalue weighted by molar-refractivity contribution is -0.153. The summed E-state index contributed by atoms with van der Waals surface area (Å²) in [6.45, 7) is 1.79. The third-order valence-corrected chi connectivity index (χ3v) is 2.50. The van der Waals surface area contributed by atoms with Crippen molar-refractivity contribution in [2.45, 2.75) is 6.92 Å². The third-order valence-electron chi connectivity index (χ3n) is 2.50. The molecule has 1 rings (SSSR count). The molecule has 19 heavy (non-hydrogen) atoms. The van der Waals surface area contributed by atoms with Gasteiger partial charge >= 0.3 is 11.9 Å². The standard InChI is InChI=1S/C13H17NO5/c1-5-19-13(16)12(15)14(2)10-7-6-9(17-3)8-11(10)18-4/h6-8H,5H2,1-4H3. The Balaban J connectivity index is 3.01. The molecule has 0 aliphatic carbocycles. The molecule has 6 heteroatoms. The van der Waals surface area contributed by atoms with Crippen LogP contribution < -0.4 is 14.4 Å². The highest BCUT2D eigenvalue weighted by Crippen LogP contribution is 2.31. The van der Waals surface area contributed by atoms with Crippen LogP contribution in [0.1, 0.15) is 6.92 Å². The number of hydrogen-bond acceptors (Lipinski definition) is 5. The van der Waals surface area contributed by atoms with E-state index in [4.69, 9.17) is 9.47 Å². The third kappa shape index (κ3) is 3.37. The van der Waals surface area contributed by atoms with Gasteiger partial charge in [0, 0.05) is 13.1 Å². The minimum Gasteiger partial charge on any atom is -0.497 e. The SMILES string of the molecule is CCOC(=O)C(=O)N(C)c1ccc(OC)cc1OC. The average molecular weight is 267 g/mol. The van der Waals surface area contributed by atoms with Gasteiger partial charge in [-0.15, -0.1) is 0 Å². The first kappa shape index (κ1) is 14.8. The van der Waals surface area contributed by atoms with Crippen molar-refractivity contribution in [3.8, 4) is 11.5 Å². The zero-order valence-corrected chi connectivity index (χ0v) is 11.4. The molecule has 0 unspecified atom stereocenters. The lowest BCUT2D eigenvalue weighted by Crippen LogP contribution is -2.34. The van der Waals surface area contributed by atoms with E-state index in [2.05, 4.69) is 4.74 Å². The summed E-state index contributed by atoms with van der Waals surface area (Å²) in [4.78, 5) is 24.4. The summed E-state index contributed by atoms with van der Waals surface area (Å²) < 4.78 is 14.9. The normalized spacial score (nSPS) is 9.68. The molecule has 0 saturated heterocycles. The lowest BCUT2D eigenvalue weighted by Gasteiger charge is -2.19. The molecule has 1 amide bonds. The summed E-state index contributed by atoms with van der Waals surface area (Å²) in [6, 6.07) is 4.94. The number of hydrogen-bond donors (Lipinski definition) is 0. The molecular weight excluding hydrogens is 250 g/mol. The lowest BCUT2D eigenvalue weighted by atomic mass is 10.2. The number of methoxy groups -OCH3 is 2. The topological polar surface area (TPSA) is 65.1 Å². The molecule has 1 aromatic rings. The second-order valence-electron chi connectivity index (χ2n) is 3.62. The zero-order chi connectivity index (χ0) is 14.4. The fourth-order valence-electron chi connectivity index (χ4n) is 1.50. The molecule has 0 radical (unpaired) electrons. The van der Waals surface area contributed by atoms with Crippen LogP contribution in [0.5, 0.6) is 11.5 Å². The Morgan fingerprint density at radius 1 is 1.21 bits per heavy atom. The van der Waals surface area contributed by atoms with Gasteiger partial charge in [-0.25, -0.2) is 4.79 Å². The van der Waals surface area contributed by atoms with Gasteiger partial charge in [-0.1, -0.05) is 0 Å². The molecule has 0 fully saturated rings. The van der Waals surface area contributed by atoms with E-state index in [0.29, 0.717) is 17.2 Å². The van der Waals surface area contributed by atoms with Gasteiger partial charge in [0.1, 0.15) is 11.5 Å². The number of likely N-dealkylation sites (N-methyl/N-ethyl adjacent to an activating group) is 1. The summed E-state index contributed by atoms with van der Waals surface area (Å²) in [7, 11) is 4.48. The summed E-state index contributed by atoms with van der Waals surface area (Å²) in [5.74, 6) is -0.634. The van der Waals surface area contributed by atoms with Gasteiger partial charge in [-0.2, -0.15) is 0 Å². The van der Waals surface area contributed by atoms with Crippen LogP contribution in [0, 0.1) is 0 Å². The maximum Gasteiger partial charge on any atom is 0.397 e. The average Bonchev–Trinajstić information content (AvgIpc) is 2.45. The highest BCUT2D eigenvalue weighted by Gasteiger charge is 2.23. The van der Waals surface area contributed by atoms with Crippen molar-refractivity contribution in [1.29, 1.82) is 0 Å². The molecule has 0 heterocycles. The Hall–Kier alpha value is -2.24. The number of carbonyl (C=O) groups excluding carboxylic acids is 2. The predicted octanol–water partition coefficient (Wildman–Crippen LogP) is 1.23. The van der Waals surface area contributed by atoms with Gasteiger partial charge < -0.3 is 19.1 Å². The fourth-order valence-corrected chi connectivity index (χ4v) is 1.50. The number of benzene rings is 1. The van der Waals surface area contributed by atoms with Crippen molar-refractivity contribution >= 4 is 17.6 Å². The first-order valence-corrected chi connectivity index (χ1v) is 5.72. The number of rotatable bonds is 4. The van der Waals surface area contributed by atoms with Crippen molar-refractivity contribution in [1.82, 2.24) is 0 Å². The number of ether oxygens (including phenoxy) is 3. The van der Waals surface area contributed by atoms with E-state index in [1.54, 1.807) is 25.1 Å². The molecule has 1 aromatic carbocycles. The van der Waals surface area contributed by atoms with E-state index in [1.807, 2.05) is 0 Å². The van der Waals surface area contributed by atoms with E-state index < -0.39 is 11.9 Å². The van der Waals surface area contributed by atoms with Gasteiger partial charge in [0.2, 0.25) is 0 Å². The van der Waals surface area contributed by atoms with Gasteiger partial charge in [0.25, 0.3) is 0 Å². The minimum atomic E-state index is -0.900. The Kier molecular flexibility index (Phi) is 5.17. The number of carbonyl (C=O) groups is 2. The number of anilines is 1. The molecule has 0 aliphatic rings. The van der Waals surface area contributed by atoms with E-state index in [9.17, 15) is 9.59 Å². The van der Waals surface area contributed by atoms with Crippen LogP contribution in [0.15, 0.2) is 18.2 Å². The molecule has 0 N–H and O–H groups in total. The van der Waals surface area contributed by atoms with E-state index in [1.165, 1.54) is 26.2 Å². The Morgan fingerprint density at radius 3 is 2.42 bits per heavy atom. The molecule has 0 aromatic heterocycles. The molecule has 6 nitrogen and oxygen atoms in total. The Labute approximate surface area is 111 Å². The first-order chi connectivity index (χ1) is 9.04. The second kappa shape index (κ2) is 6.63. The van der Waals surface area contributed by atoms with Crippen molar-refractivity contribution in [3.05, 3.63) is 18.2 Å². The van der Waals surface area contributed by atoms with Crippen molar-refractivity contribution < 1.29 is 23.8 Å². The molecule has 0 atom stereocenters. The predicted molar refractivity (Wildman–Crippen MR) is 69.6 cm³/mol. The van der Waals surface area contributed by atoms with Crippen LogP contribution in [0.3, 0.4) is 0 Å². The number of nitrogens with zero attached hydrogens (tertiary/aromatic N) is 1. The maximum atomic E-state index is 11.8. The second-order valence-corrected chi connectivity index (χ2v) is 3.62. The zero-order valence-electron chi connectivity index (χ0n) is 11.4. The van der Waals surface area contributed by atoms with Crippen LogP contribution in [0.25, 0.3) is 0 Å². The quantitative estimate of drug-likeness (QED) is 0.606. The van der Waals surface area contributed by atoms with Crippen LogP contribution in [-0.4, -0.2) is 39.8 Å².